The number of nitrogens with zero attached hydrogens (tertiary/aromatic N) is 6. The average molecular weight is 493 g/mol. The molecule has 6 rings (SSSR count). The molecule has 0 atom stereocenters. The summed E-state index contributed by atoms with van der Waals surface area (Å²) in [6, 6.07) is 16.7. The number of hydrogen-bond donors (Lipinski definition) is 0. The molecule has 9 nitrogen and oxygen atoms in total. The van der Waals surface area contributed by atoms with Crippen LogP contribution in [0.25, 0.3) is 22.4 Å². The molecule has 1 fully saturated rings. The molecule has 0 saturated heterocycles. The Morgan fingerprint density at radius 1 is 0.973 bits per heavy atom. The summed E-state index contributed by atoms with van der Waals surface area (Å²) in [6.07, 6.45) is 7.11. The van der Waals surface area contributed by atoms with Crippen molar-refractivity contribution in [1.82, 2.24) is 29.5 Å². The number of fused-ring (bicyclic) bond motifs is 1. The molecule has 1 aliphatic rings. The summed E-state index contributed by atoms with van der Waals surface area (Å²) < 4.78 is 13.0. The normalized spacial score (nSPS) is 13.0. The van der Waals surface area contributed by atoms with Crippen molar-refractivity contribution in [3.63, 3.8) is 0 Å². The van der Waals surface area contributed by atoms with Crippen molar-refractivity contribution < 1.29 is 9.47 Å². The van der Waals surface area contributed by atoms with Gasteiger partial charge in [-0.15, -0.1) is 0 Å². The van der Waals surface area contributed by atoms with E-state index in [1.807, 2.05) is 42.5 Å². The Morgan fingerprint density at radius 3 is 2.59 bits per heavy atom. The van der Waals surface area contributed by atoms with Gasteiger partial charge in [0.05, 0.1) is 25.0 Å². The van der Waals surface area contributed by atoms with Crippen molar-refractivity contribution in [3.05, 3.63) is 101 Å². The van der Waals surface area contributed by atoms with Crippen LogP contribution in [0.4, 0.5) is 0 Å². The molecule has 1 saturated carbocycles. The number of rotatable bonds is 8. The van der Waals surface area contributed by atoms with Crippen LogP contribution in [0.2, 0.25) is 0 Å². The first kappa shape index (κ1) is 22.8. The van der Waals surface area contributed by atoms with E-state index in [1.165, 1.54) is 12.4 Å². The van der Waals surface area contributed by atoms with E-state index in [-0.39, 0.29) is 5.56 Å². The summed E-state index contributed by atoms with van der Waals surface area (Å²) in [7, 11) is 1.57. The first-order chi connectivity index (χ1) is 18.2. The maximum atomic E-state index is 12.9. The molecule has 9 heteroatoms. The van der Waals surface area contributed by atoms with Crippen LogP contribution in [0, 0.1) is 0 Å². The lowest BCUT2D eigenvalue weighted by atomic mass is 10.1. The molecule has 0 aliphatic heterocycles. The molecule has 0 bridgehead atoms. The van der Waals surface area contributed by atoms with Crippen LogP contribution in [0.5, 0.6) is 11.6 Å². The number of methoxy groups -OCH3 is 1. The predicted octanol–water partition coefficient (Wildman–Crippen LogP) is 4.16. The van der Waals surface area contributed by atoms with Crippen LogP contribution in [0.3, 0.4) is 0 Å². The van der Waals surface area contributed by atoms with E-state index in [2.05, 4.69) is 19.9 Å². The fourth-order valence-electron chi connectivity index (χ4n) is 4.27. The van der Waals surface area contributed by atoms with Gasteiger partial charge in [-0.1, -0.05) is 18.2 Å². The van der Waals surface area contributed by atoms with Gasteiger partial charge < -0.3 is 9.47 Å². The minimum atomic E-state index is -0.147. The first-order valence-electron chi connectivity index (χ1n) is 12.1. The van der Waals surface area contributed by atoms with Crippen LogP contribution >= 0.6 is 0 Å². The highest BCUT2D eigenvalue weighted by Crippen LogP contribution is 2.44. The highest BCUT2D eigenvalue weighted by atomic mass is 16.5. The maximum Gasteiger partial charge on any atom is 0.252 e. The molecule has 0 radical (unpaired) electrons. The summed E-state index contributed by atoms with van der Waals surface area (Å²) in [5.41, 5.74) is 3.77. The molecule has 0 spiro atoms. The van der Waals surface area contributed by atoms with Gasteiger partial charge >= 0.3 is 0 Å². The lowest BCUT2D eigenvalue weighted by Gasteiger charge is -2.13. The number of ether oxygens (including phenoxy) is 2. The fourth-order valence-corrected chi connectivity index (χ4v) is 4.27. The zero-order chi connectivity index (χ0) is 25.2. The Kier molecular flexibility index (Phi) is 6.02. The maximum absolute atomic E-state index is 12.9. The summed E-state index contributed by atoms with van der Waals surface area (Å²) in [5, 5.41) is 0.766. The minimum absolute atomic E-state index is 0.147. The Hall–Kier alpha value is -4.66. The van der Waals surface area contributed by atoms with Crippen LogP contribution in [0.1, 0.15) is 35.7 Å². The van der Waals surface area contributed by atoms with Crippen LogP contribution in [-0.4, -0.2) is 36.6 Å². The quantitative estimate of drug-likeness (QED) is 0.318. The smallest absolute Gasteiger partial charge is 0.252 e. The van der Waals surface area contributed by atoms with E-state index in [4.69, 9.17) is 14.5 Å². The molecule has 0 N–H and O–H groups in total. The molecule has 0 unspecified atom stereocenters. The number of hydrogen-bond acceptors (Lipinski definition) is 8. The molecule has 0 amide bonds. The van der Waals surface area contributed by atoms with E-state index in [0.717, 1.165) is 40.9 Å². The van der Waals surface area contributed by atoms with Crippen molar-refractivity contribution >= 4 is 11.0 Å². The summed E-state index contributed by atoms with van der Waals surface area (Å²) in [4.78, 5) is 35.4. The molecule has 1 aromatic carbocycles. The van der Waals surface area contributed by atoms with Crippen LogP contribution in [-0.2, 0) is 13.2 Å². The van der Waals surface area contributed by atoms with Crippen molar-refractivity contribution in [1.29, 1.82) is 0 Å². The molecule has 4 heterocycles. The summed E-state index contributed by atoms with van der Waals surface area (Å²) >= 11 is 0. The topological polar surface area (TPSA) is 105 Å². The number of pyridine rings is 2. The molecule has 4 aromatic heterocycles. The van der Waals surface area contributed by atoms with Gasteiger partial charge in [0, 0.05) is 29.8 Å². The molecule has 1 aliphatic carbocycles. The molecule has 37 heavy (non-hydrogen) atoms. The number of aromatic nitrogens is 6. The Balaban J connectivity index is 1.32. The van der Waals surface area contributed by atoms with Gasteiger partial charge in [0.1, 0.15) is 29.9 Å². The molecule has 184 valence electrons. The minimum Gasteiger partial charge on any atom is -0.487 e. The third-order valence-electron chi connectivity index (χ3n) is 6.32. The highest BCUT2D eigenvalue weighted by molar-refractivity contribution is 5.78. The van der Waals surface area contributed by atoms with Crippen molar-refractivity contribution in [2.24, 2.45) is 0 Å². The van der Waals surface area contributed by atoms with Crippen LogP contribution in [0.15, 0.2) is 78.1 Å². The third-order valence-corrected chi connectivity index (χ3v) is 6.32. The van der Waals surface area contributed by atoms with Gasteiger partial charge in [0.2, 0.25) is 5.88 Å². The second-order valence-corrected chi connectivity index (χ2v) is 8.90. The molecular weight excluding hydrogens is 468 g/mol. The second-order valence-electron chi connectivity index (χ2n) is 8.90. The van der Waals surface area contributed by atoms with Crippen molar-refractivity contribution in [2.75, 3.05) is 7.11 Å². The third kappa shape index (κ3) is 4.75. The summed E-state index contributed by atoms with van der Waals surface area (Å²) in [5.74, 6) is 1.96. The standard InChI is InChI=1S/C28H24N6O3/c1-36-28-24(25(19-7-8-19)31-17-32-28)26-30-14-20-9-12-23(35)34(27(20)33-26)15-18-5-10-22(11-6-18)37-16-21-4-2-3-13-29-21/h2-6,9-14,17,19H,7-8,15-16H2,1H3. The van der Waals surface area contributed by atoms with E-state index in [0.29, 0.717) is 42.0 Å². The molecular formula is C28H24N6O3. The van der Waals surface area contributed by atoms with E-state index in [9.17, 15) is 4.79 Å². The second kappa shape index (κ2) is 9.77. The lowest BCUT2D eigenvalue weighted by molar-refractivity contribution is 0.301. The van der Waals surface area contributed by atoms with Crippen LogP contribution < -0.4 is 15.0 Å². The highest BCUT2D eigenvalue weighted by Gasteiger charge is 2.31. The van der Waals surface area contributed by atoms with Crippen molar-refractivity contribution in [3.8, 4) is 23.0 Å². The SMILES string of the molecule is COc1ncnc(C2CC2)c1-c1ncc2ccc(=O)n(Cc3ccc(OCc4ccccn4)cc3)c2n1. The van der Waals surface area contributed by atoms with E-state index < -0.39 is 0 Å². The Morgan fingerprint density at radius 2 is 1.84 bits per heavy atom. The monoisotopic (exact) mass is 492 g/mol. The average Bonchev–Trinajstić information content (AvgIpc) is 3.80. The lowest BCUT2D eigenvalue weighted by Crippen LogP contribution is -2.21. The van der Waals surface area contributed by atoms with E-state index in [1.54, 1.807) is 30.1 Å². The van der Waals surface area contributed by atoms with Gasteiger partial charge in [-0.2, -0.15) is 0 Å². The van der Waals surface area contributed by atoms with Gasteiger partial charge in [-0.05, 0) is 48.7 Å². The fraction of sp³-hybridized carbons (Fsp3) is 0.214. The Bertz CT molecular complexity index is 1620. The predicted molar refractivity (Wildman–Crippen MR) is 137 cm³/mol. The molecule has 5 aromatic rings. The van der Waals surface area contributed by atoms with Gasteiger partial charge in [0.25, 0.3) is 5.56 Å². The zero-order valence-electron chi connectivity index (χ0n) is 20.2. The zero-order valence-corrected chi connectivity index (χ0v) is 20.2. The van der Waals surface area contributed by atoms with Gasteiger partial charge in [-0.3, -0.25) is 14.3 Å². The largest absolute Gasteiger partial charge is 0.487 e. The van der Waals surface area contributed by atoms with Crippen molar-refractivity contribution in [2.45, 2.75) is 31.9 Å². The van der Waals surface area contributed by atoms with Gasteiger partial charge in [-0.25, -0.2) is 19.9 Å². The Labute approximate surface area is 212 Å². The summed E-state index contributed by atoms with van der Waals surface area (Å²) in [6.45, 7) is 0.739. The van der Waals surface area contributed by atoms with E-state index >= 15 is 0 Å². The van der Waals surface area contributed by atoms with Gasteiger partial charge in [0.15, 0.2) is 5.82 Å². The first-order valence-corrected chi connectivity index (χ1v) is 12.1. The number of benzene rings is 1.